The third-order valence-corrected chi connectivity index (χ3v) is 2.44. The lowest BCUT2D eigenvalue weighted by Crippen LogP contribution is -2.23. The first kappa shape index (κ1) is 12.9. The average molecular weight is 262 g/mol. The van der Waals surface area contributed by atoms with E-state index in [4.69, 9.17) is 15.0 Å². The van der Waals surface area contributed by atoms with Gasteiger partial charge in [0.25, 0.3) is 5.91 Å². The molecule has 0 aliphatic carbocycles. The van der Waals surface area contributed by atoms with Crippen LogP contribution in [0.15, 0.2) is 22.7 Å². The zero-order chi connectivity index (χ0) is 13.8. The number of ether oxygens (including phenoxy) is 1. The first-order valence-electron chi connectivity index (χ1n) is 5.61. The molecule has 100 valence electrons. The molecule has 0 saturated heterocycles. The molecule has 0 spiro atoms. The van der Waals surface area contributed by atoms with Crippen LogP contribution < -0.4 is 15.8 Å². The summed E-state index contributed by atoms with van der Waals surface area (Å²) in [6.45, 7) is 1.87. The van der Waals surface area contributed by atoms with Crippen molar-refractivity contribution in [2.75, 3.05) is 12.8 Å². The van der Waals surface area contributed by atoms with E-state index < -0.39 is 0 Å². The normalized spacial score (nSPS) is 10.2. The number of carbonyl (C=O) groups excluding carboxylic acids is 1. The number of carbonyl (C=O) groups is 1. The number of hydrogen-bond donors (Lipinski definition) is 2. The zero-order valence-electron chi connectivity index (χ0n) is 10.6. The zero-order valence-corrected chi connectivity index (χ0v) is 10.6. The Bertz CT molecular complexity index is 594. The number of aryl methyl sites for hydroxylation is 1. The van der Waals surface area contributed by atoms with Gasteiger partial charge >= 0.3 is 0 Å². The highest BCUT2D eigenvalue weighted by Gasteiger charge is 2.13. The summed E-state index contributed by atoms with van der Waals surface area (Å²) < 4.78 is 10.0. The molecule has 0 radical (unpaired) electrons. The minimum atomic E-state index is -0.298. The quantitative estimate of drug-likeness (QED) is 0.793. The second kappa shape index (κ2) is 5.38. The van der Waals surface area contributed by atoms with Crippen molar-refractivity contribution in [1.29, 1.82) is 0 Å². The lowest BCUT2D eigenvalue weighted by molar-refractivity contribution is 0.0943. The fraction of sp³-hybridized carbons (Fsp3) is 0.250. The minimum absolute atomic E-state index is 0.160. The van der Waals surface area contributed by atoms with Gasteiger partial charge in [0.1, 0.15) is 5.75 Å². The number of nitrogens with two attached hydrogens (primary N) is 1. The van der Waals surface area contributed by atoms with E-state index in [0.29, 0.717) is 28.7 Å². The number of anilines is 1. The van der Waals surface area contributed by atoms with Gasteiger partial charge in [0.2, 0.25) is 5.89 Å². The van der Waals surface area contributed by atoms with Gasteiger partial charge in [0.15, 0.2) is 5.82 Å². The Kier molecular flexibility index (Phi) is 3.65. The van der Waals surface area contributed by atoms with E-state index in [2.05, 4.69) is 15.5 Å². The highest BCUT2D eigenvalue weighted by Crippen LogP contribution is 2.21. The second-order valence-electron chi connectivity index (χ2n) is 3.88. The van der Waals surface area contributed by atoms with Crippen LogP contribution in [0.3, 0.4) is 0 Å². The van der Waals surface area contributed by atoms with Gasteiger partial charge in [-0.1, -0.05) is 5.16 Å². The van der Waals surface area contributed by atoms with Crippen LogP contribution in [0.4, 0.5) is 5.69 Å². The topological polar surface area (TPSA) is 103 Å². The minimum Gasteiger partial charge on any atom is -0.496 e. The van der Waals surface area contributed by atoms with Crippen molar-refractivity contribution >= 4 is 11.6 Å². The van der Waals surface area contributed by atoms with Crippen molar-refractivity contribution in [3.63, 3.8) is 0 Å². The van der Waals surface area contributed by atoms with Gasteiger partial charge in [-0.2, -0.15) is 4.98 Å². The van der Waals surface area contributed by atoms with Crippen molar-refractivity contribution in [1.82, 2.24) is 15.5 Å². The molecule has 1 heterocycles. The fourth-order valence-electron chi connectivity index (χ4n) is 1.56. The van der Waals surface area contributed by atoms with Crippen LogP contribution in [0.2, 0.25) is 0 Å². The Balaban J connectivity index is 2.07. The molecule has 0 bridgehead atoms. The van der Waals surface area contributed by atoms with Gasteiger partial charge < -0.3 is 20.3 Å². The molecule has 1 aromatic heterocycles. The van der Waals surface area contributed by atoms with E-state index >= 15 is 0 Å². The molecule has 7 nitrogen and oxygen atoms in total. The highest BCUT2D eigenvalue weighted by molar-refractivity contribution is 5.97. The lowest BCUT2D eigenvalue weighted by atomic mass is 10.1. The fourth-order valence-corrected chi connectivity index (χ4v) is 1.56. The van der Waals surface area contributed by atoms with E-state index in [9.17, 15) is 4.79 Å². The van der Waals surface area contributed by atoms with Gasteiger partial charge in [-0.25, -0.2) is 0 Å². The number of nitrogens with zero attached hydrogens (tertiary/aromatic N) is 2. The first-order chi connectivity index (χ1) is 9.10. The van der Waals surface area contributed by atoms with Gasteiger partial charge in [0, 0.05) is 11.8 Å². The number of aromatic nitrogens is 2. The summed E-state index contributed by atoms with van der Waals surface area (Å²) in [4.78, 5) is 16.0. The van der Waals surface area contributed by atoms with Crippen LogP contribution in [-0.2, 0) is 6.54 Å². The summed E-state index contributed by atoms with van der Waals surface area (Å²) in [5.41, 5.74) is 6.55. The number of nitrogen functional groups attached to an aromatic ring is 1. The molecule has 0 unspecified atom stereocenters. The van der Waals surface area contributed by atoms with Crippen LogP contribution >= 0.6 is 0 Å². The molecule has 0 atom stereocenters. The number of methoxy groups -OCH3 is 1. The van der Waals surface area contributed by atoms with Crippen molar-refractivity contribution < 1.29 is 14.1 Å². The van der Waals surface area contributed by atoms with E-state index in [1.54, 1.807) is 25.1 Å². The Morgan fingerprint density at radius 2 is 2.32 bits per heavy atom. The van der Waals surface area contributed by atoms with Gasteiger partial charge in [-0.3, -0.25) is 4.79 Å². The molecule has 7 heteroatoms. The predicted molar refractivity (Wildman–Crippen MR) is 67.6 cm³/mol. The maximum absolute atomic E-state index is 12.0. The summed E-state index contributed by atoms with van der Waals surface area (Å²) in [7, 11) is 1.48. The van der Waals surface area contributed by atoms with Crippen molar-refractivity contribution in [2.24, 2.45) is 0 Å². The van der Waals surface area contributed by atoms with E-state index in [1.807, 2.05) is 0 Å². The number of rotatable bonds is 4. The summed E-state index contributed by atoms with van der Waals surface area (Å²) in [6, 6.07) is 4.82. The smallest absolute Gasteiger partial charge is 0.255 e. The van der Waals surface area contributed by atoms with Crippen LogP contribution in [0.1, 0.15) is 22.1 Å². The summed E-state index contributed by atoms with van der Waals surface area (Å²) in [5.74, 6) is 0.987. The molecule has 0 aliphatic rings. The largest absolute Gasteiger partial charge is 0.496 e. The molecule has 19 heavy (non-hydrogen) atoms. The van der Waals surface area contributed by atoms with Gasteiger partial charge in [0.05, 0.1) is 19.2 Å². The summed E-state index contributed by atoms with van der Waals surface area (Å²) in [6.07, 6.45) is 0. The van der Waals surface area contributed by atoms with Crippen molar-refractivity contribution in [3.05, 3.63) is 35.5 Å². The molecule has 3 N–H and O–H groups in total. The van der Waals surface area contributed by atoms with Crippen LogP contribution in [0.25, 0.3) is 0 Å². The molecule has 0 saturated carbocycles. The van der Waals surface area contributed by atoms with E-state index in [0.717, 1.165) is 0 Å². The Morgan fingerprint density at radius 3 is 2.95 bits per heavy atom. The maximum Gasteiger partial charge on any atom is 0.255 e. The Hall–Kier alpha value is -2.57. The predicted octanol–water partition coefficient (Wildman–Crippen LogP) is 0.899. The van der Waals surface area contributed by atoms with Crippen LogP contribution in [0, 0.1) is 6.92 Å². The molecule has 1 amide bonds. The van der Waals surface area contributed by atoms with Crippen molar-refractivity contribution in [3.8, 4) is 5.75 Å². The van der Waals surface area contributed by atoms with Crippen LogP contribution in [-0.4, -0.2) is 23.2 Å². The molecular formula is C12H14N4O3. The SMILES string of the molecule is COc1cc(N)ccc1C(=O)NCc1nc(C)no1. The molecule has 0 aliphatic heterocycles. The third-order valence-electron chi connectivity index (χ3n) is 2.44. The standard InChI is InChI=1S/C12H14N4O3/c1-7-15-11(19-16-7)6-14-12(17)9-4-3-8(13)5-10(9)18-2/h3-5H,6,13H2,1-2H3,(H,14,17). The average Bonchev–Trinajstić information content (AvgIpc) is 2.81. The first-order valence-corrected chi connectivity index (χ1v) is 5.61. The summed E-state index contributed by atoms with van der Waals surface area (Å²) in [5, 5.41) is 6.30. The molecule has 2 aromatic rings. The second-order valence-corrected chi connectivity index (χ2v) is 3.88. The Labute approximate surface area is 109 Å². The molecular weight excluding hydrogens is 248 g/mol. The van der Waals surface area contributed by atoms with Crippen molar-refractivity contribution in [2.45, 2.75) is 13.5 Å². The van der Waals surface area contributed by atoms with Gasteiger partial charge in [-0.15, -0.1) is 0 Å². The molecule has 1 aromatic carbocycles. The van der Waals surface area contributed by atoms with E-state index in [-0.39, 0.29) is 12.5 Å². The Morgan fingerprint density at radius 1 is 1.53 bits per heavy atom. The summed E-state index contributed by atoms with van der Waals surface area (Å²) >= 11 is 0. The monoisotopic (exact) mass is 262 g/mol. The number of amides is 1. The number of hydrogen-bond acceptors (Lipinski definition) is 6. The van der Waals surface area contributed by atoms with E-state index in [1.165, 1.54) is 7.11 Å². The lowest BCUT2D eigenvalue weighted by Gasteiger charge is -2.08. The van der Waals surface area contributed by atoms with Crippen LogP contribution in [0.5, 0.6) is 5.75 Å². The maximum atomic E-state index is 12.0. The molecule has 2 rings (SSSR count). The highest BCUT2D eigenvalue weighted by atomic mass is 16.5. The third kappa shape index (κ3) is 3.01. The number of benzene rings is 1. The van der Waals surface area contributed by atoms with Gasteiger partial charge in [-0.05, 0) is 19.1 Å². The molecule has 0 fully saturated rings. The number of nitrogens with one attached hydrogen (secondary N) is 1.